The smallest absolute Gasteiger partial charge is 0.358 e. The Kier molecular flexibility index (Phi) is 4.80. The average molecular weight is 346 g/mol. The molecule has 1 atom stereocenters. The molecule has 0 unspecified atom stereocenters. The lowest BCUT2D eigenvalue weighted by atomic mass is 10.2. The largest absolute Gasteiger partial charge is 0.497 e. The third-order valence-electron chi connectivity index (χ3n) is 3.63. The molecular weight excluding hydrogens is 328 g/mol. The van der Waals surface area contributed by atoms with Gasteiger partial charge in [0.1, 0.15) is 10.8 Å². The third-order valence-corrected chi connectivity index (χ3v) is 4.52. The second-order valence-electron chi connectivity index (χ2n) is 5.60. The third kappa shape index (κ3) is 3.91. The number of methoxy groups -OCH3 is 1. The van der Waals surface area contributed by atoms with Crippen LogP contribution in [0, 0.1) is 0 Å². The summed E-state index contributed by atoms with van der Waals surface area (Å²) in [6, 6.07) is 7.65. The van der Waals surface area contributed by atoms with E-state index < -0.39 is 12.1 Å². The molecule has 2 aromatic rings. The minimum absolute atomic E-state index is 0.205. The number of nitrogens with zero attached hydrogens (tertiary/aromatic N) is 1. The van der Waals surface area contributed by atoms with Gasteiger partial charge in [-0.3, -0.25) is 4.79 Å². The van der Waals surface area contributed by atoms with Gasteiger partial charge in [0.25, 0.3) is 5.91 Å². The van der Waals surface area contributed by atoms with Crippen molar-refractivity contribution in [1.29, 1.82) is 0 Å². The molecule has 1 N–H and O–H groups in total. The molecule has 1 fully saturated rings. The quantitative estimate of drug-likeness (QED) is 0.814. The Labute approximate surface area is 143 Å². The molecule has 126 valence electrons. The molecule has 6 nitrogen and oxygen atoms in total. The second kappa shape index (κ2) is 7.00. The van der Waals surface area contributed by atoms with E-state index in [0.29, 0.717) is 5.01 Å². The maximum atomic E-state index is 12.1. The lowest BCUT2D eigenvalue weighted by Gasteiger charge is -2.12. The average Bonchev–Trinajstić information content (AvgIpc) is 3.26. The Bertz CT molecular complexity index is 737. The van der Waals surface area contributed by atoms with Crippen LogP contribution in [-0.2, 0) is 9.53 Å². The minimum Gasteiger partial charge on any atom is -0.497 e. The number of hydrogen-bond donors (Lipinski definition) is 1. The lowest BCUT2D eigenvalue weighted by molar-refractivity contribution is -0.129. The van der Waals surface area contributed by atoms with Gasteiger partial charge in [-0.15, -0.1) is 11.3 Å². The van der Waals surface area contributed by atoms with Gasteiger partial charge in [0, 0.05) is 17.0 Å². The zero-order valence-corrected chi connectivity index (χ0v) is 14.3. The lowest BCUT2D eigenvalue weighted by Crippen LogP contribution is -2.37. The minimum atomic E-state index is -0.829. The van der Waals surface area contributed by atoms with E-state index in [1.54, 1.807) is 19.4 Å². The molecule has 1 amide bonds. The number of esters is 1. The molecule has 0 saturated heterocycles. The van der Waals surface area contributed by atoms with Crippen molar-refractivity contribution in [1.82, 2.24) is 10.3 Å². The summed E-state index contributed by atoms with van der Waals surface area (Å²) in [5.74, 6) is -0.105. The van der Waals surface area contributed by atoms with E-state index in [1.807, 2.05) is 24.3 Å². The SMILES string of the molecule is COc1ccc(-c2nc(C(=O)O[C@@H](C)C(=O)NC3CC3)cs2)cc1. The summed E-state index contributed by atoms with van der Waals surface area (Å²) in [6.45, 7) is 1.56. The number of hydrogen-bond acceptors (Lipinski definition) is 6. The van der Waals surface area contributed by atoms with Gasteiger partial charge in [-0.2, -0.15) is 0 Å². The molecule has 1 saturated carbocycles. The Morgan fingerprint density at radius 3 is 2.62 bits per heavy atom. The number of ether oxygens (including phenoxy) is 2. The van der Waals surface area contributed by atoms with Gasteiger partial charge in [-0.25, -0.2) is 9.78 Å². The molecule has 1 aromatic carbocycles. The van der Waals surface area contributed by atoms with Crippen LogP contribution in [0.15, 0.2) is 29.6 Å². The number of carbonyl (C=O) groups excluding carboxylic acids is 2. The van der Waals surface area contributed by atoms with E-state index in [9.17, 15) is 9.59 Å². The van der Waals surface area contributed by atoms with Crippen LogP contribution in [0.25, 0.3) is 10.6 Å². The molecule has 1 aliphatic rings. The predicted molar refractivity (Wildman–Crippen MR) is 90.1 cm³/mol. The molecule has 1 aromatic heterocycles. The highest BCUT2D eigenvalue weighted by Gasteiger charge is 2.27. The van der Waals surface area contributed by atoms with Gasteiger partial charge in [0.05, 0.1) is 7.11 Å². The second-order valence-corrected chi connectivity index (χ2v) is 6.45. The van der Waals surface area contributed by atoms with Crippen LogP contribution in [0.1, 0.15) is 30.3 Å². The van der Waals surface area contributed by atoms with Crippen LogP contribution in [-0.4, -0.2) is 36.1 Å². The number of nitrogens with one attached hydrogen (secondary N) is 1. The van der Waals surface area contributed by atoms with Crippen molar-refractivity contribution in [3.63, 3.8) is 0 Å². The highest BCUT2D eigenvalue weighted by atomic mass is 32.1. The van der Waals surface area contributed by atoms with Crippen LogP contribution in [0.4, 0.5) is 0 Å². The van der Waals surface area contributed by atoms with Gasteiger partial charge >= 0.3 is 5.97 Å². The molecule has 0 bridgehead atoms. The van der Waals surface area contributed by atoms with E-state index in [2.05, 4.69) is 10.3 Å². The van der Waals surface area contributed by atoms with Crippen molar-refractivity contribution < 1.29 is 19.1 Å². The normalized spacial score (nSPS) is 14.8. The number of amides is 1. The summed E-state index contributed by atoms with van der Waals surface area (Å²) in [4.78, 5) is 28.3. The van der Waals surface area contributed by atoms with Crippen LogP contribution >= 0.6 is 11.3 Å². The summed E-state index contributed by atoms with van der Waals surface area (Å²) >= 11 is 1.35. The predicted octanol–water partition coefficient (Wildman–Crippen LogP) is 2.64. The van der Waals surface area contributed by atoms with Crippen LogP contribution < -0.4 is 10.1 Å². The summed E-state index contributed by atoms with van der Waals surface area (Å²) in [7, 11) is 1.60. The van der Waals surface area contributed by atoms with Crippen molar-refractivity contribution >= 4 is 23.2 Å². The van der Waals surface area contributed by atoms with Crippen LogP contribution in [0.2, 0.25) is 0 Å². The van der Waals surface area contributed by atoms with Crippen LogP contribution in [0.5, 0.6) is 5.75 Å². The fourth-order valence-electron chi connectivity index (χ4n) is 2.05. The van der Waals surface area contributed by atoms with Crippen molar-refractivity contribution in [3.8, 4) is 16.3 Å². The first-order valence-electron chi connectivity index (χ1n) is 7.68. The standard InChI is InChI=1S/C17H18N2O4S/c1-10(15(20)18-12-5-6-12)23-17(21)14-9-24-16(19-14)11-3-7-13(22-2)8-4-11/h3-4,7-10,12H,5-6H2,1-2H3,(H,18,20)/t10-/m0/s1. The van der Waals surface area contributed by atoms with Gasteiger partial charge < -0.3 is 14.8 Å². The number of thiazole rings is 1. The molecule has 0 spiro atoms. The molecule has 0 radical (unpaired) electrons. The number of rotatable bonds is 6. The van der Waals surface area contributed by atoms with Crippen molar-refractivity contribution in [2.75, 3.05) is 7.11 Å². The van der Waals surface area contributed by atoms with E-state index in [1.165, 1.54) is 11.3 Å². The summed E-state index contributed by atoms with van der Waals surface area (Å²) in [5.41, 5.74) is 1.09. The monoisotopic (exact) mass is 346 g/mol. The molecule has 1 aliphatic carbocycles. The van der Waals surface area contributed by atoms with E-state index >= 15 is 0 Å². The van der Waals surface area contributed by atoms with Crippen molar-refractivity contribution in [2.45, 2.75) is 31.9 Å². The number of benzene rings is 1. The summed E-state index contributed by atoms with van der Waals surface area (Å²) in [6.07, 6.45) is 1.15. The zero-order chi connectivity index (χ0) is 17.1. The molecule has 24 heavy (non-hydrogen) atoms. The Morgan fingerprint density at radius 2 is 2.00 bits per heavy atom. The summed E-state index contributed by atoms with van der Waals surface area (Å²) < 4.78 is 10.3. The van der Waals surface area contributed by atoms with E-state index in [0.717, 1.165) is 24.2 Å². The Hall–Kier alpha value is -2.41. The van der Waals surface area contributed by atoms with Crippen LogP contribution in [0.3, 0.4) is 0 Å². The number of aromatic nitrogens is 1. The fraction of sp³-hybridized carbons (Fsp3) is 0.353. The van der Waals surface area contributed by atoms with Crippen molar-refractivity contribution in [2.24, 2.45) is 0 Å². The Morgan fingerprint density at radius 1 is 1.29 bits per heavy atom. The van der Waals surface area contributed by atoms with Crippen molar-refractivity contribution in [3.05, 3.63) is 35.3 Å². The van der Waals surface area contributed by atoms with E-state index in [4.69, 9.17) is 9.47 Å². The Balaban J connectivity index is 1.63. The van der Waals surface area contributed by atoms with Gasteiger partial charge in [0.15, 0.2) is 11.8 Å². The fourth-order valence-corrected chi connectivity index (χ4v) is 2.85. The maximum Gasteiger partial charge on any atom is 0.358 e. The first-order chi connectivity index (χ1) is 11.6. The highest BCUT2D eigenvalue weighted by molar-refractivity contribution is 7.13. The first kappa shape index (κ1) is 16.4. The molecular formula is C17H18N2O4S. The maximum absolute atomic E-state index is 12.1. The zero-order valence-electron chi connectivity index (χ0n) is 13.4. The highest BCUT2D eigenvalue weighted by Crippen LogP contribution is 2.26. The first-order valence-corrected chi connectivity index (χ1v) is 8.56. The van der Waals surface area contributed by atoms with Gasteiger partial charge in [-0.05, 0) is 44.0 Å². The number of carbonyl (C=O) groups is 2. The van der Waals surface area contributed by atoms with Gasteiger partial charge in [-0.1, -0.05) is 0 Å². The molecule has 0 aliphatic heterocycles. The topological polar surface area (TPSA) is 77.5 Å². The van der Waals surface area contributed by atoms with E-state index in [-0.39, 0.29) is 17.6 Å². The summed E-state index contributed by atoms with van der Waals surface area (Å²) in [5, 5.41) is 5.15. The molecule has 3 rings (SSSR count). The molecule has 7 heteroatoms. The molecule has 1 heterocycles. The van der Waals surface area contributed by atoms with Gasteiger partial charge in [0.2, 0.25) is 0 Å².